The Labute approximate surface area is 188 Å². The lowest BCUT2D eigenvalue weighted by atomic mass is 9.95. The van der Waals surface area contributed by atoms with Crippen molar-refractivity contribution in [3.8, 4) is 10.7 Å². The molecule has 1 aliphatic rings. The van der Waals surface area contributed by atoms with Gasteiger partial charge in [-0.15, -0.1) is 16.4 Å². The van der Waals surface area contributed by atoms with Gasteiger partial charge in [-0.2, -0.15) is 4.98 Å². The summed E-state index contributed by atoms with van der Waals surface area (Å²) in [5.41, 5.74) is 2.92. The second kappa shape index (κ2) is 8.02. The Morgan fingerprint density at radius 2 is 1.87 bits per heavy atom. The van der Waals surface area contributed by atoms with Crippen LogP contribution in [0.4, 0.5) is 11.6 Å². The quantitative estimate of drug-likeness (QED) is 0.428. The van der Waals surface area contributed by atoms with Crippen LogP contribution in [0.5, 0.6) is 0 Å². The van der Waals surface area contributed by atoms with Gasteiger partial charge in [0.25, 0.3) is 5.91 Å². The van der Waals surface area contributed by atoms with Gasteiger partial charge >= 0.3 is 0 Å². The van der Waals surface area contributed by atoms with Crippen molar-refractivity contribution in [2.45, 2.75) is 13.0 Å². The normalized spacial score (nSPS) is 15.4. The number of halogens is 1. The molecule has 6 nitrogen and oxygen atoms in total. The summed E-state index contributed by atoms with van der Waals surface area (Å²) in [6, 6.07) is 20.4. The summed E-state index contributed by atoms with van der Waals surface area (Å²) in [7, 11) is 0. The van der Waals surface area contributed by atoms with Crippen molar-refractivity contribution in [1.82, 2.24) is 14.8 Å². The molecule has 0 spiro atoms. The minimum atomic E-state index is -0.446. The predicted molar refractivity (Wildman–Crippen MR) is 124 cm³/mol. The van der Waals surface area contributed by atoms with Gasteiger partial charge in [-0.1, -0.05) is 48.0 Å². The lowest BCUT2D eigenvalue weighted by Crippen LogP contribution is -2.31. The van der Waals surface area contributed by atoms with Gasteiger partial charge in [-0.05, 0) is 48.2 Å². The van der Waals surface area contributed by atoms with Crippen molar-refractivity contribution in [3.05, 3.63) is 94.0 Å². The molecular weight excluding hydrogens is 430 g/mol. The predicted octanol–water partition coefficient (Wildman–Crippen LogP) is 5.59. The standard InChI is InChI=1S/C23H18ClN5OS/c1-14-19(22(30)26-17-6-3-2-4-7-17)20(15-9-11-16(24)12-10-15)29-23(25-14)27-21(28-29)18-8-5-13-31-18/h2-13,20H,1H3,(H,26,30)(H,25,27,28). The molecule has 0 radical (unpaired) electrons. The van der Waals surface area contributed by atoms with Crippen LogP contribution in [-0.4, -0.2) is 20.7 Å². The Morgan fingerprint density at radius 3 is 2.58 bits per heavy atom. The van der Waals surface area contributed by atoms with E-state index in [9.17, 15) is 4.79 Å². The summed E-state index contributed by atoms with van der Waals surface area (Å²) in [6.45, 7) is 1.88. The molecule has 0 fully saturated rings. The van der Waals surface area contributed by atoms with E-state index in [0.717, 1.165) is 21.8 Å². The van der Waals surface area contributed by atoms with E-state index in [1.807, 2.05) is 79.0 Å². The molecule has 0 saturated heterocycles. The van der Waals surface area contributed by atoms with Crippen molar-refractivity contribution in [2.75, 3.05) is 10.6 Å². The Bertz CT molecular complexity index is 1260. The lowest BCUT2D eigenvalue weighted by Gasteiger charge is -2.28. The minimum absolute atomic E-state index is 0.199. The number of nitrogens with zero attached hydrogens (tertiary/aromatic N) is 3. The summed E-state index contributed by atoms with van der Waals surface area (Å²) >= 11 is 7.69. The highest BCUT2D eigenvalue weighted by Gasteiger charge is 2.34. The van der Waals surface area contributed by atoms with Crippen LogP contribution in [-0.2, 0) is 4.79 Å². The number of carbonyl (C=O) groups is 1. The van der Waals surface area contributed by atoms with E-state index >= 15 is 0 Å². The molecule has 3 heterocycles. The van der Waals surface area contributed by atoms with Crippen LogP contribution >= 0.6 is 22.9 Å². The first kappa shape index (κ1) is 19.5. The zero-order chi connectivity index (χ0) is 21.4. The number of hydrogen-bond donors (Lipinski definition) is 2. The van der Waals surface area contributed by atoms with Crippen LogP contribution in [0.2, 0.25) is 5.02 Å². The largest absolute Gasteiger partial charge is 0.328 e. The highest BCUT2D eigenvalue weighted by molar-refractivity contribution is 7.13. The number of thiophene rings is 1. The first-order valence-corrected chi connectivity index (χ1v) is 11.0. The zero-order valence-corrected chi connectivity index (χ0v) is 18.1. The molecule has 2 aromatic heterocycles. The van der Waals surface area contributed by atoms with Gasteiger partial charge in [0.15, 0.2) is 5.82 Å². The maximum absolute atomic E-state index is 13.4. The number of hydrogen-bond acceptors (Lipinski definition) is 5. The molecule has 0 bridgehead atoms. The Morgan fingerprint density at radius 1 is 1.10 bits per heavy atom. The fraction of sp³-hybridized carbons (Fsp3) is 0.0870. The summed E-state index contributed by atoms with van der Waals surface area (Å²) in [5.74, 6) is 1.01. The Balaban J connectivity index is 1.60. The molecule has 1 aliphatic heterocycles. The van der Waals surface area contributed by atoms with E-state index < -0.39 is 6.04 Å². The third-order valence-corrected chi connectivity index (χ3v) is 6.17. The van der Waals surface area contributed by atoms with Gasteiger partial charge in [0.05, 0.1) is 10.5 Å². The van der Waals surface area contributed by atoms with Gasteiger partial charge < -0.3 is 10.6 Å². The molecule has 5 rings (SSSR count). The van der Waals surface area contributed by atoms with Gasteiger partial charge in [0, 0.05) is 16.4 Å². The Kier molecular flexibility index (Phi) is 5.05. The average Bonchev–Trinajstić information content (AvgIpc) is 3.44. The first-order valence-electron chi connectivity index (χ1n) is 9.70. The third-order valence-electron chi connectivity index (χ3n) is 5.06. The van der Waals surface area contributed by atoms with Gasteiger partial charge in [-0.25, -0.2) is 4.68 Å². The Hall–Kier alpha value is -3.42. The summed E-state index contributed by atoms with van der Waals surface area (Å²) in [6.07, 6.45) is 0. The highest BCUT2D eigenvalue weighted by Crippen LogP contribution is 2.37. The molecule has 1 unspecified atom stereocenters. The van der Waals surface area contributed by atoms with E-state index in [-0.39, 0.29) is 5.91 Å². The number of allylic oxidation sites excluding steroid dienone is 1. The van der Waals surface area contributed by atoms with Gasteiger partial charge in [0.2, 0.25) is 5.95 Å². The number of rotatable bonds is 4. The molecule has 8 heteroatoms. The van der Waals surface area contributed by atoms with Crippen LogP contribution in [0, 0.1) is 0 Å². The van der Waals surface area contributed by atoms with E-state index in [1.165, 1.54) is 0 Å². The number of fused-ring (bicyclic) bond motifs is 1. The topological polar surface area (TPSA) is 71.8 Å². The number of amides is 1. The SMILES string of the molecule is CC1=C(C(=O)Nc2ccccc2)C(c2ccc(Cl)cc2)n2nc(-c3cccs3)nc2N1. The van der Waals surface area contributed by atoms with Crippen molar-refractivity contribution in [1.29, 1.82) is 0 Å². The maximum atomic E-state index is 13.4. The third kappa shape index (κ3) is 3.73. The molecule has 31 heavy (non-hydrogen) atoms. The van der Waals surface area contributed by atoms with Crippen LogP contribution in [0.1, 0.15) is 18.5 Å². The minimum Gasteiger partial charge on any atom is -0.328 e. The second-order valence-corrected chi connectivity index (χ2v) is 8.50. The van der Waals surface area contributed by atoms with Crippen molar-refractivity contribution >= 4 is 40.5 Å². The summed E-state index contributed by atoms with van der Waals surface area (Å²) in [4.78, 5) is 19.0. The van der Waals surface area contributed by atoms with E-state index in [2.05, 4.69) is 15.6 Å². The molecular formula is C23H18ClN5OS. The van der Waals surface area contributed by atoms with Crippen LogP contribution in [0.25, 0.3) is 10.7 Å². The summed E-state index contributed by atoms with van der Waals surface area (Å²) in [5, 5.41) is 13.6. The molecule has 2 N–H and O–H groups in total. The van der Waals surface area contributed by atoms with E-state index in [1.54, 1.807) is 16.0 Å². The fourth-order valence-electron chi connectivity index (χ4n) is 3.63. The maximum Gasteiger partial charge on any atom is 0.255 e. The zero-order valence-electron chi connectivity index (χ0n) is 16.5. The molecule has 1 amide bonds. The van der Waals surface area contributed by atoms with E-state index in [0.29, 0.717) is 22.4 Å². The molecule has 4 aromatic rings. The van der Waals surface area contributed by atoms with Crippen LogP contribution < -0.4 is 10.6 Å². The first-order chi connectivity index (χ1) is 15.1. The van der Waals surface area contributed by atoms with Crippen molar-refractivity contribution in [2.24, 2.45) is 0 Å². The number of nitrogens with one attached hydrogen (secondary N) is 2. The highest BCUT2D eigenvalue weighted by atomic mass is 35.5. The summed E-state index contributed by atoms with van der Waals surface area (Å²) < 4.78 is 1.77. The number of para-hydroxylation sites is 1. The lowest BCUT2D eigenvalue weighted by molar-refractivity contribution is -0.113. The van der Waals surface area contributed by atoms with Gasteiger partial charge in [-0.3, -0.25) is 4.79 Å². The number of carbonyl (C=O) groups excluding carboxylic acids is 1. The monoisotopic (exact) mass is 447 g/mol. The fourth-order valence-corrected chi connectivity index (χ4v) is 4.41. The smallest absolute Gasteiger partial charge is 0.255 e. The van der Waals surface area contributed by atoms with Crippen molar-refractivity contribution < 1.29 is 4.79 Å². The molecule has 1 atom stereocenters. The number of benzene rings is 2. The molecule has 0 aliphatic carbocycles. The second-order valence-electron chi connectivity index (χ2n) is 7.12. The van der Waals surface area contributed by atoms with E-state index in [4.69, 9.17) is 16.7 Å². The van der Waals surface area contributed by atoms with Crippen LogP contribution in [0.15, 0.2) is 83.4 Å². The van der Waals surface area contributed by atoms with Crippen molar-refractivity contribution in [3.63, 3.8) is 0 Å². The molecule has 0 saturated carbocycles. The number of aromatic nitrogens is 3. The van der Waals surface area contributed by atoms with Crippen LogP contribution in [0.3, 0.4) is 0 Å². The average molecular weight is 448 g/mol. The molecule has 154 valence electrons. The number of anilines is 2. The molecule has 2 aromatic carbocycles. The van der Waals surface area contributed by atoms with Gasteiger partial charge in [0.1, 0.15) is 6.04 Å².